The maximum Gasteiger partial charge on any atom is 0.191 e. The highest BCUT2D eigenvalue weighted by Crippen LogP contribution is 2.21. The van der Waals surface area contributed by atoms with Crippen LogP contribution in [0.15, 0.2) is 17.4 Å². The fourth-order valence-electron chi connectivity index (χ4n) is 1.88. The van der Waals surface area contributed by atoms with E-state index in [0.717, 1.165) is 35.4 Å². The van der Waals surface area contributed by atoms with Crippen molar-refractivity contribution in [2.45, 2.75) is 50.7 Å². The summed E-state index contributed by atoms with van der Waals surface area (Å²) < 4.78 is 4.07. The van der Waals surface area contributed by atoms with Crippen LogP contribution < -0.4 is 5.73 Å². The summed E-state index contributed by atoms with van der Waals surface area (Å²) in [6, 6.07) is 2.51. The van der Waals surface area contributed by atoms with Crippen molar-refractivity contribution < 1.29 is 0 Å². The smallest absolute Gasteiger partial charge is 0.191 e. The van der Waals surface area contributed by atoms with Crippen LogP contribution in [0.5, 0.6) is 0 Å². The van der Waals surface area contributed by atoms with Gasteiger partial charge in [0.2, 0.25) is 0 Å². The molecule has 0 aromatic carbocycles. The Morgan fingerprint density at radius 3 is 2.90 bits per heavy atom. The van der Waals surface area contributed by atoms with Crippen molar-refractivity contribution in [2.75, 3.05) is 6.54 Å². The second kappa shape index (κ2) is 6.90. The molecule has 0 aliphatic rings. The second-order valence-electron chi connectivity index (χ2n) is 4.80. The van der Waals surface area contributed by atoms with Crippen molar-refractivity contribution in [1.29, 1.82) is 0 Å². The molecule has 1 unspecified atom stereocenters. The number of aryl methyl sites for hydroxylation is 1. The average molecular weight is 294 g/mol. The first-order valence-electron chi connectivity index (χ1n) is 6.92. The lowest BCUT2D eigenvalue weighted by molar-refractivity contribution is 0.475. The molecule has 0 fully saturated rings. The number of thioether (sulfide) groups is 1. The van der Waals surface area contributed by atoms with Crippen LogP contribution in [0, 0.1) is 6.92 Å². The lowest BCUT2D eigenvalue weighted by atomic mass is 10.3. The highest BCUT2D eigenvalue weighted by molar-refractivity contribution is 7.98. The van der Waals surface area contributed by atoms with Crippen molar-refractivity contribution in [3.8, 4) is 0 Å². The van der Waals surface area contributed by atoms with E-state index in [1.54, 1.807) is 11.8 Å². The molecule has 20 heavy (non-hydrogen) atoms. The topological polar surface area (TPSA) is 74.5 Å². The van der Waals surface area contributed by atoms with Gasteiger partial charge in [-0.2, -0.15) is 5.10 Å². The zero-order valence-corrected chi connectivity index (χ0v) is 13.1. The van der Waals surface area contributed by atoms with Gasteiger partial charge in [-0.1, -0.05) is 18.7 Å². The Bertz CT molecular complexity index is 547. The molecule has 2 heterocycles. The second-order valence-corrected chi connectivity index (χ2v) is 5.75. The highest BCUT2D eigenvalue weighted by atomic mass is 32.2. The average Bonchev–Trinajstić information content (AvgIpc) is 3.05. The van der Waals surface area contributed by atoms with Crippen LogP contribution in [0.4, 0.5) is 0 Å². The van der Waals surface area contributed by atoms with E-state index in [-0.39, 0.29) is 0 Å². The maximum absolute atomic E-state index is 5.62. The summed E-state index contributed by atoms with van der Waals surface area (Å²) >= 11 is 1.65. The predicted molar refractivity (Wildman–Crippen MR) is 80.6 cm³/mol. The summed E-state index contributed by atoms with van der Waals surface area (Å²) in [4.78, 5) is 0. The van der Waals surface area contributed by atoms with Gasteiger partial charge in [0, 0.05) is 31.1 Å². The van der Waals surface area contributed by atoms with E-state index in [1.807, 2.05) is 17.8 Å². The molecule has 2 N–H and O–H groups in total. The molecular weight excluding hydrogens is 272 g/mol. The normalized spacial score (nSPS) is 12.8. The van der Waals surface area contributed by atoms with E-state index in [1.165, 1.54) is 0 Å². The summed E-state index contributed by atoms with van der Waals surface area (Å²) in [5.74, 6) is 1.70. The molecule has 7 heteroatoms. The Hall–Kier alpha value is -1.34. The van der Waals surface area contributed by atoms with Crippen LogP contribution in [0.1, 0.15) is 37.8 Å². The molecule has 110 valence electrons. The van der Waals surface area contributed by atoms with Gasteiger partial charge in [-0.3, -0.25) is 4.68 Å². The van der Waals surface area contributed by atoms with Crippen LogP contribution in [0.2, 0.25) is 0 Å². The van der Waals surface area contributed by atoms with E-state index in [0.29, 0.717) is 12.6 Å². The van der Waals surface area contributed by atoms with Crippen molar-refractivity contribution in [2.24, 2.45) is 5.73 Å². The van der Waals surface area contributed by atoms with Gasteiger partial charge >= 0.3 is 0 Å². The monoisotopic (exact) mass is 294 g/mol. The molecule has 0 aliphatic carbocycles. The molecule has 0 saturated carbocycles. The molecule has 2 rings (SSSR count). The molecule has 0 amide bonds. The summed E-state index contributed by atoms with van der Waals surface area (Å²) in [6.45, 7) is 7.63. The summed E-state index contributed by atoms with van der Waals surface area (Å²) in [6.07, 6.45) is 3.12. The molecule has 1 atom stereocenters. The molecule has 0 spiro atoms. The first-order valence-corrected chi connectivity index (χ1v) is 7.91. The number of nitrogens with two attached hydrogens (primary N) is 1. The zero-order valence-electron chi connectivity index (χ0n) is 12.3. The molecule has 0 aliphatic heterocycles. The van der Waals surface area contributed by atoms with Crippen molar-refractivity contribution in [3.05, 3.63) is 23.8 Å². The Morgan fingerprint density at radius 1 is 1.40 bits per heavy atom. The van der Waals surface area contributed by atoms with Gasteiger partial charge in [0.15, 0.2) is 5.16 Å². The standard InChI is InChI=1S/C13H22N6S/c1-4-10(2)19-7-5-12(17-19)9-20-13-16-15-11(3)18(13)8-6-14/h5,7,10H,4,6,8-9,14H2,1-3H3. The van der Waals surface area contributed by atoms with Crippen LogP contribution in [-0.4, -0.2) is 31.1 Å². The zero-order chi connectivity index (χ0) is 14.5. The molecule has 0 radical (unpaired) electrons. The number of nitrogens with zero attached hydrogens (tertiary/aromatic N) is 5. The highest BCUT2D eigenvalue weighted by Gasteiger charge is 2.10. The fraction of sp³-hybridized carbons (Fsp3) is 0.615. The van der Waals surface area contributed by atoms with Crippen LogP contribution in [0.3, 0.4) is 0 Å². The number of hydrogen-bond acceptors (Lipinski definition) is 5. The Kier molecular flexibility index (Phi) is 5.19. The molecule has 0 saturated heterocycles. The van der Waals surface area contributed by atoms with Gasteiger partial charge in [0.1, 0.15) is 5.82 Å². The van der Waals surface area contributed by atoms with Crippen molar-refractivity contribution in [3.63, 3.8) is 0 Å². The minimum absolute atomic E-state index is 0.442. The van der Waals surface area contributed by atoms with Crippen LogP contribution in [-0.2, 0) is 12.3 Å². The maximum atomic E-state index is 5.62. The van der Waals surface area contributed by atoms with E-state index >= 15 is 0 Å². The van der Waals surface area contributed by atoms with E-state index in [9.17, 15) is 0 Å². The first kappa shape index (κ1) is 15.1. The van der Waals surface area contributed by atoms with Gasteiger partial charge in [-0.05, 0) is 26.3 Å². The molecule has 2 aromatic rings. The quantitative estimate of drug-likeness (QED) is 0.791. The van der Waals surface area contributed by atoms with E-state index in [2.05, 4.69) is 39.8 Å². The van der Waals surface area contributed by atoms with Crippen LogP contribution in [0.25, 0.3) is 0 Å². The van der Waals surface area contributed by atoms with Gasteiger partial charge in [-0.15, -0.1) is 10.2 Å². The summed E-state index contributed by atoms with van der Waals surface area (Å²) in [5.41, 5.74) is 6.68. The van der Waals surface area contributed by atoms with Gasteiger partial charge in [0.05, 0.1) is 5.69 Å². The third-order valence-corrected chi connectivity index (χ3v) is 4.31. The minimum Gasteiger partial charge on any atom is -0.329 e. The first-order chi connectivity index (χ1) is 9.65. The molecule has 0 bridgehead atoms. The third-order valence-electron chi connectivity index (χ3n) is 3.31. The third kappa shape index (κ3) is 3.40. The number of rotatable bonds is 7. The Balaban J connectivity index is 2.00. The predicted octanol–water partition coefficient (Wildman–Crippen LogP) is 2.01. The van der Waals surface area contributed by atoms with Gasteiger partial charge < -0.3 is 10.3 Å². The number of hydrogen-bond donors (Lipinski definition) is 1. The van der Waals surface area contributed by atoms with Gasteiger partial charge in [-0.25, -0.2) is 0 Å². The molecule has 6 nitrogen and oxygen atoms in total. The summed E-state index contributed by atoms with van der Waals surface area (Å²) in [5, 5.41) is 13.8. The van der Waals surface area contributed by atoms with Gasteiger partial charge in [0.25, 0.3) is 0 Å². The van der Waals surface area contributed by atoms with E-state index in [4.69, 9.17) is 5.73 Å². The van der Waals surface area contributed by atoms with Crippen molar-refractivity contribution in [1.82, 2.24) is 24.5 Å². The van der Waals surface area contributed by atoms with Crippen molar-refractivity contribution >= 4 is 11.8 Å². The molecular formula is C13H22N6S. The lowest BCUT2D eigenvalue weighted by Gasteiger charge is -2.08. The Morgan fingerprint density at radius 2 is 2.20 bits per heavy atom. The molecule has 2 aromatic heterocycles. The summed E-state index contributed by atoms with van der Waals surface area (Å²) in [7, 11) is 0. The Labute approximate surface area is 123 Å². The SMILES string of the molecule is CCC(C)n1ccc(CSc2nnc(C)n2CCN)n1. The lowest BCUT2D eigenvalue weighted by Crippen LogP contribution is -2.12. The minimum atomic E-state index is 0.442. The van der Waals surface area contributed by atoms with E-state index < -0.39 is 0 Å². The van der Waals surface area contributed by atoms with Crippen LogP contribution >= 0.6 is 11.8 Å². The number of aromatic nitrogens is 5. The largest absolute Gasteiger partial charge is 0.329 e. The fourth-order valence-corrected chi connectivity index (χ4v) is 2.79.